The highest BCUT2D eigenvalue weighted by molar-refractivity contribution is 5.26. The number of likely N-dealkylation sites (N-methyl/N-ethyl adjacent to an activating group) is 1. The molecular formula is C21H38N2O+2. The van der Waals surface area contributed by atoms with Gasteiger partial charge in [-0.1, -0.05) is 30.3 Å². The molecule has 0 amide bonds. The van der Waals surface area contributed by atoms with Crippen LogP contribution in [0.2, 0.25) is 0 Å². The third-order valence-corrected chi connectivity index (χ3v) is 6.46. The normalized spacial score (nSPS) is 20.0. The van der Waals surface area contributed by atoms with Gasteiger partial charge < -0.3 is 13.7 Å². The average molecular weight is 335 g/mol. The maximum atomic E-state index is 6.28. The summed E-state index contributed by atoms with van der Waals surface area (Å²) in [6.07, 6.45) is 2.44. The van der Waals surface area contributed by atoms with Crippen molar-refractivity contribution in [3.05, 3.63) is 35.9 Å². The molecule has 24 heavy (non-hydrogen) atoms. The van der Waals surface area contributed by atoms with Gasteiger partial charge in [0.1, 0.15) is 6.54 Å². The maximum absolute atomic E-state index is 6.28. The zero-order chi connectivity index (χ0) is 17.7. The van der Waals surface area contributed by atoms with Crippen molar-refractivity contribution in [2.24, 2.45) is 0 Å². The fourth-order valence-electron chi connectivity index (χ4n) is 3.67. The summed E-state index contributed by atoms with van der Waals surface area (Å²) < 4.78 is 8.51. The van der Waals surface area contributed by atoms with Gasteiger partial charge in [0.25, 0.3) is 0 Å². The van der Waals surface area contributed by atoms with Crippen LogP contribution in [-0.4, -0.2) is 76.0 Å². The first kappa shape index (κ1) is 19.4. The van der Waals surface area contributed by atoms with Crippen molar-refractivity contribution >= 4 is 0 Å². The number of benzene rings is 1. The van der Waals surface area contributed by atoms with Crippen LogP contribution in [0.1, 0.15) is 32.3 Å². The van der Waals surface area contributed by atoms with Crippen molar-refractivity contribution in [2.75, 3.05) is 67.1 Å². The van der Waals surface area contributed by atoms with Gasteiger partial charge in [-0.2, -0.15) is 0 Å². The van der Waals surface area contributed by atoms with Crippen LogP contribution in [-0.2, 0) is 10.2 Å². The summed E-state index contributed by atoms with van der Waals surface area (Å²) in [5.41, 5.74) is 1.67. The average Bonchev–Trinajstić information content (AvgIpc) is 2.61. The number of rotatable bonds is 8. The van der Waals surface area contributed by atoms with E-state index in [1.54, 1.807) is 0 Å². The molecule has 0 bridgehead atoms. The van der Waals surface area contributed by atoms with E-state index < -0.39 is 0 Å². The van der Waals surface area contributed by atoms with Gasteiger partial charge in [0.2, 0.25) is 0 Å². The molecule has 1 aliphatic heterocycles. The van der Waals surface area contributed by atoms with E-state index in [1.807, 2.05) is 0 Å². The van der Waals surface area contributed by atoms with Crippen LogP contribution in [0.4, 0.5) is 0 Å². The van der Waals surface area contributed by atoms with Crippen molar-refractivity contribution in [3.8, 4) is 0 Å². The molecule has 1 aromatic rings. The monoisotopic (exact) mass is 334 g/mol. The Morgan fingerprint density at radius 2 is 1.62 bits per heavy atom. The summed E-state index contributed by atoms with van der Waals surface area (Å²) in [4.78, 5) is 0. The number of hydrogen-bond acceptors (Lipinski definition) is 1. The predicted octanol–water partition coefficient (Wildman–Crippen LogP) is 3.30. The third kappa shape index (κ3) is 4.81. The zero-order valence-electron chi connectivity index (χ0n) is 16.6. The molecule has 0 radical (unpaired) electrons. The van der Waals surface area contributed by atoms with Crippen molar-refractivity contribution in [2.45, 2.75) is 32.1 Å². The summed E-state index contributed by atoms with van der Waals surface area (Å²) in [6.45, 7) is 12.2. The predicted molar refractivity (Wildman–Crippen MR) is 102 cm³/mol. The smallest absolute Gasteiger partial charge is 0.102 e. The molecular weight excluding hydrogens is 296 g/mol. The lowest BCUT2D eigenvalue weighted by molar-refractivity contribution is -0.906. The minimum absolute atomic E-state index is 0.205. The lowest BCUT2D eigenvalue weighted by Crippen LogP contribution is -2.53. The van der Waals surface area contributed by atoms with E-state index in [2.05, 4.69) is 65.3 Å². The molecule has 0 saturated carbocycles. The molecule has 1 aliphatic rings. The molecule has 1 saturated heterocycles. The van der Waals surface area contributed by atoms with Crippen molar-refractivity contribution < 1.29 is 13.7 Å². The fraction of sp³-hybridized carbons (Fsp3) is 0.714. The molecule has 0 N–H and O–H groups in total. The highest BCUT2D eigenvalue weighted by Gasteiger charge is 2.40. The molecule has 0 atom stereocenters. The van der Waals surface area contributed by atoms with Gasteiger partial charge in [-0.15, -0.1) is 0 Å². The van der Waals surface area contributed by atoms with Crippen LogP contribution in [0.3, 0.4) is 0 Å². The molecule has 1 aromatic carbocycles. The number of hydrogen-bond donors (Lipinski definition) is 0. The molecule has 136 valence electrons. The Balaban J connectivity index is 2.00. The first-order valence-corrected chi connectivity index (χ1v) is 9.64. The van der Waals surface area contributed by atoms with Crippen LogP contribution in [0.5, 0.6) is 0 Å². The first-order chi connectivity index (χ1) is 11.3. The number of piperidine rings is 1. The molecule has 1 heterocycles. The number of quaternary nitrogens is 2. The Hall–Kier alpha value is -0.900. The van der Waals surface area contributed by atoms with E-state index >= 15 is 0 Å². The molecule has 0 aliphatic carbocycles. The number of ether oxygens (including phenoxy) is 1. The minimum atomic E-state index is 0.205. The molecule has 3 nitrogen and oxygen atoms in total. The van der Waals surface area contributed by atoms with E-state index in [-0.39, 0.29) is 5.41 Å². The van der Waals surface area contributed by atoms with Gasteiger partial charge in [-0.25, -0.2) is 0 Å². The van der Waals surface area contributed by atoms with Gasteiger partial charge in [-0.05, 0) is 19.4 Å². The van der Waals surface area contributed by atoms with Crippen LogP contribution >= 0.6 is 0 Å². The lowest BCUT2D eigenvalue weighted by atomic mass is 9.73. The molecule has 2 rings (SSSR count). The zero-order valence-corrected chi connectivity index (χ0v) is 16.6. The largest absolute Gasteiger partial charge is 0.375 e. The van der Waals surface area contributed by atoms with E-state index in [0.29, 0.717) is 0 Å². The highest BCUT2D eigenvalue weighted by Crippen LogP contribution is 2.37. The SMILES string of the molecule is CC[N+](C)(CC)CCOCC1(c2ccccc2)CC[N+](C)(C)CC1. The molecule has 3 heteroatoms. The Kier molecular flexibility index (Phi) is 6.46. The second-order valence-electron chi connectivity index (χ2n) is 8.56. The summed E-state index contributed by atoms with van der Waals surface area (Å²) in [5, 5.41) is 0. The van der Waals surface area contributed by atoms with E-state index in [4.69, 9.17) is 4.74 Å². The van der Waals surface area contributed by atoms with E-state index in [1.165, 1.54) is 44.6 Å². The van der Waals surface area contributed by atoms with Gasteiger partial charge in [-0.3, -0.25) is 0 Å². The second kappa shape index (κ2) is 7.99. The maximum Gasteiger partial charge on any atom is 0.102 e. The lowest BCUT2D eigenvalue weighted by Gasteiger charge is -2.45. The van der Waals surface area contributed by atoms with Gasteiger partial charge in [0.15, 0.2) is 0 Å². The Bertz CT molecular complexity index is 484. The second-order valence-corrected chi connectivity index (χ2v) is 8.56. The Labute approximate surface area is 149 Å². The first-order valence-electron chi connectivity index (χ1n) is 9.64. The van der Waals surface area contributed by atoms with Crippen molar-refractivity contribution in [1.29, 1.82) is 0 Å². The summed E-state index contributed by atoms with van der Waals surface area (Å²) in [6, 6.07) is 11.1. The van der Waals surface area contributed by atoms with Crippen molar-refractivity contribution in [3.63, 3.8) is 0 Å². The van der Waals surface area contributed by atoms with Crippen molar-refractivity contribution in [1.82, 2.24) is 0 Å². The van der Waals surface area contributed by atoms with E-state index in [9.17, 15) is 0 Å². The standard InChI is InChI=1S/C21H38N2O/c1-6-23(5,7-2)17-18-24-19-21(20-11-9-8-10-12-20)13-15-22(3,4)16-14-21/h8-12H,6-7,13-19H2,1-5H3/q+2. The summed E-state index contributed by atoms with van der Waals surface area (Å²) >= 11 is 0. The topological polar surface area (TPSA) is 9.23 Å². The van der Waals surface area contributed by atoms with E-state index in [0.717, 1.165) is 28.7 Å². The van der Waals surface area contributed by atoms with Crippen LogP contribution in [0, 0.1) is 0 Å². The van der Waals surface area contributed by atoms with Crippen LogP contribution in [0.15, 0.2) is 30.3 Å². The summed E-state index contributed by atoms with van der Waals surface area (Å²) in [5.74, 6) is 0. The summed E-state index contributed by atoms with van der Waals surface area (Å²) in [7, 11) is 7.03. The Morgan fingerprint density at radius 1 is 1.04 bits per heavy atom. The highest BCUT2D eigenvalue weighted by atomic mass is 16.5. The molecule has 0 aromatic heterocycles. The van der Waals surface area contributed by atoms with Gasteiger partial charge >= 0.3 is 0 Å². The quantitative estimate of drug-likeness (QED) is 0.523. The van der Waals surface area contributed by atoms with Crippen LogP contribution in [0.25, 0.3) is 0 Å². The molecule has 1 fully saturated rings. The number of nitrogens with zero attached hydrogens (tertiary/aromatic N) is 2. The molecule has 0 unspecified atom stereocenters. The van der Waals surface area contributed by atoms with Crippen LogP contribution < -0.4 is 0 Å². The molecule has 0 spiro atoms. The minimum Gasteiger partial charge on any atom is -0.375 e. The number of likely N-dealkylation sites (tertiary alicyclic amines) is 1. The van der Waals surface area contributed by atoms with Gasteiger partial charge in [0.05, 0.1) is 60.5 Å². The fourth-order valence-corrected chi connectivity index (χ4v) is 3.67. The Morgan fingerprint density at radius 3 is 2.17 bits per heavy atom. The third-order valence-electron chi connectivity index (χ3n) is 6.46. The van der Waals surface area contributed by atoms with Gasteiger partial charge in [0, 0.05) is 18.3 Å².